The second-order valence-corrected chi connectivity index (χ2v) is 7.11. The van der Waals surface area contributed by atoms with Gasteiger partial charge in [-0.2, -0.15) is 0 Å². The van der Waals surface area contributed by atoms with Crippen molar-refractivity contribution in [3.8, 4) is 0 Å². The van der Waals surface area contributed by atoms with Crippen LogP contribution in [0.15, 0.2) is 21.9 Å². The van der Waals surface area contributed by atoms with Gasteiger partial charge in [0.1, 0.15) is 17.9 Å². The van der Waals surface area contributed by atoms with Gasteiger partial charge >= 0.3 is 0 Å². The number of nitrogens with zero attached hydrogens (tertiary/aromatic N) is 7. The highest BCUT2D eigenvalue weighted by molar-refractivity contribution is 5.80. The monoisotopic (exact) mass is 404 g/mol. The van der Waals surface area contributed by atoms with Crippen LogP contribution < -0.4 is 5.32 Å². The lowest BCUT2D eigenvalue weighted by Gasteiger charge is -2.36. The second kappa shape index (κ2) is 10.9. The summed E-state index contributed by atoms with van der Waals surface area (Å²) in [6, 6.07) is 2.00. The van der Waals surface area contributed by atoms with Crippen molar-refractivity contribution < 1.29 is 9.26 Å². The molecule has 1 fully saturated rings. The summed E-state index contributed by atoms with van der Waals surface area (Å²) in [5.74, 6) is 2.79. The SMILES string of the molecule is CCc1nncn1CCNC(=NCCOC)N1CCN(Cc2cc(C)on2)CC1. The highest BCUT2D eigenvalue weighted by Crippen LogP contribution is 2.09. The summed E-state index contributed by atoms with van der Waals surface area (Å²) in [5.41, 5.74) is 0.990. The Morgan fingerprint density at radius 3 is 2.83 bits per heavy atom. The van der Waals surface area contributed by atoms with Gasteiger partial charge in [-0.3, -0.25) is 9.89 Å². The quantitative estimate of drug-likeness (QED) is 0.368. The van der Waals surface area contributed by atoms with Crippen LogP contribution in [0, 0.1) is 6.92 Å². The molecule has 3 heterocycles. The summed E-state index contributed by atoms with van der Waals surface area (Å²) >= 11 is 0. The molecule has 2 aromatic heterocycles. The summed E-state index contributed by atoms with van der Waals surface area (Å²) in [6.07, 6.45) is 2.66. The number of methoxy groups -OCH3 is 1. The largest absolute Gasteiger partial charge is 0.383 e. The molecule has 29 heavy (non-hydrogen) atoms. The molecule has 3 rings (SSSR count). The van der Waals surface area contributed by atoms with E-state index < -0.39 is 0 Å². The lowest BCUT2D eigenvalue weighted by Crippen LogP contribution is -2.52. The Hall–Kier alpha value is -2.46. The number of hydrogen-bond donors (Lipinski definition) is 1. The fraction of sp³-hybridized carbons (Fsp3) is 0.684. The van der Waals surface area contributed by atoms with Gasteiger partial charge in [-0.15, -0.1) is 10.2 Å². The van der Waals surface area contributed by atoms with Crippen LogP contribution in [0.2, 0.25) is 0 Å². The zero-order valence-corrected chi connectivity index (χ0v) is 17.7. The molecule has 1 aliphatic heterocycles. The van der Waals surface area contributed by atoms with Crippen molar-refractivity contribution in [1.82, 2.24) is 35.0 Å². The molecule has 0 spiro atoms. The Balaban J connectivity index is 1.51. The first kappa shape index (κ1) is 21.3. The average molecular weight is 405 g/mol. The third kappa shape index (κ3) is 6.26. The van der Waals surface area contributed by atoms with Crippen LogP contribution >= 0.6 is 0 Å². The number of hydrogen-bond acceptors (Lipinski definition) is 7. The Morgan fingerprint density at radius 2 is 2.14 bits per heavy atom. The van der Waals surface area contributed by atoms with Gasteiger partial charge in [-0.25, -0.2) is 0 Å². The van der Waals surface area contributed by atoms with Gasteiger partial charge < -0.3 is 24.0 Å². The molecule has 2 aromatic rings. The molecule has 0 saturated carbocycles. The van der Waals surface area contributed by atoms with E-state index in [9.17, 15) is 0 Å². The topological polar surface area (TPSA) is 96.8 Å². The van der Waals surface area contributed by atoms with E-state index >= 15 is 0 Å². The lowest BCUT2D eigenvalue weighted by molar-refractivity contribution is 0.168. The molecule has 10 nitrogen and oxygen atoms in total. The van der Waals surface area contributed by atoms with Gasteiger partial charge in [0.05, 0.1) is 18.8 Å². The molecule has 10 heteroatoms. The predicted molar refractivity (Wildman–Crippen MR) is 110 cm³/mol. The molecule has 0 aromatic carbocycles. The van der Waals surface area contributed by atoms with Crippen molar-refractivity contribution in [3.05, 3.63) is 29.7 Å². The zero-order valence-electron chi connectivity index (χ0n) is 17.7. The normalized spacial score (nSPS) is 15.8. The summed E-state index contributed by atoms with van der Waals surface area (Å²) in [7, 11) is 1.70. The third-order valence-electron chi connectivity index (χ3n) is 4.94. The first-order valence-corrected chi connectivity index (χ1v) is 10.2. The highest BCUT2D eigenvalue weighted by atomic mass is 16.5. The molecule has 0 aliphatic carbocycles. The van der Waals surface area contributed by atoms with E-state index in [4.69, 9.17) is 14.3 Å². The van der Waals surface area contributed by atoms with Crippen LogP contribution in [-0.2, 0) is 24.2 Å². The van der Waals surface area contributed by atoms with E-state index in [0.717, 1.165) is 75.5 Å². The minimum atomic E-state index is 0.613. The molecule has 1 N–H and O–H groups in total. The standard InChI is InChI=1S/C19H32N8O2/c1-4-18-23-22-15-27(18)7-5-20-19(21-6-12-28-3)26-10-8-25(9-11-26)14-17-13-16(2)29-24-17/h13,15H,4-12,14H2,1-3H3,(H,20,21). The van der Waals surface area contributed by atoms with Crippen molar-refractivity contribution in [2.24, 2.45) is 4.99 Å². The average Bonchev–Trinajstić information content (AvgIpc) is 3.36. The van der Waals surface area contributed by atoms with Gasteiger partial charge in [-0.1, -0.05) is 12.1 Å². The first-order chi connectivity index (χ1) is 14.2. The maximum absolute atomic E-state index is 5.17. The number of guanidine groups is 1. The Kier molecular flexibility index (Phi) is 8.00. The van der Waals surface area contributed by atoms with Crippen LogP contribution in [-0.4, -0.2) is 88.7 Å². The predicted octanol–water partition coefficient (Wildman–Crippen LogP) is 0.547. The number of nitrogens with one attached hydrogen (secondary N) is 1. The molecule has 0 bridgehead atoms. The van der Waals surface area contributed by atoms with Gasteiger partial charge in [0, 0.05) is 65.4 Å². The van der Waals surface area contributed by atoms with Crippen molar-refractivity contribution in [3.63, 3.8) is 0 Å². The minimum absolute atomic E-state index is 0.613. The van der Waals surface area contributed by atoms with Crippen molar-refractivity contribution in [1.29, 1.82) is 0 Å². The minimum Gasteiger partial charge on any atom is -0.383 e. The fourth-order valence-corrected chi connectivity index (χ4v) is 3.38. The van der Waals surface area contributed by atoms with Crippen molar-refractivity contribution in [2.75, 3.05) is 53.0 Å². The fourth-order valence-electron chi connectivity index (χ4n) is 3.38. The Labute approximate surface area is 171 Å². The number of piperazine rings is 1. The van der Waals surface area contributed by atoms with Gasteiger partial charge in [0.25, 0.3) is 0 Å². The summed E-state index contributed by atoms with van der Waals surface area (Å²) in [6.45, 7) is 11.4. The maximum Gasteiger partial charge on any atom is 0.194 e. The van der Waals surface area contributed by atoms with Gasteiger partial charge in [-0.05, 0) is 6.92 Å². The molecule has 0 atom stereocenters. The number of aromatic nitrogens is 4. The summed E-state index contributed by atoms with van der Waals surface area (Å²) < 4.78 is 12.4. The molecule has 0 unspecified atom stereocenters. The van der Waals surface area contributed by atoms with E-state index in [1.54, 1.807) is 13.4 Å². The summed E-state index contributed by atoms with van der Waals surface area (Å²) in [4.78, 5) is 9.44. The van der Waals surface area contributed by atoms with Crippen LogP contribution in [0.25, 0.3) is 0 Å². The van der Waals surface area contributed by atoms with Crippen molar-refractivity contribution >= 4 is 5.96 Å². The van der Waals surface area contributed by atoms with E-state index in [1.807, 2.05) is 13.0 Å². The molecule has 160 valence electrons. The van der Waals surface area contributed by atoms with Crippen molar-refractivity contribution in [2.45, 2.75) is 33.4 Å². The first-order valence-electron chi connectivity index (χ1n) is 10.2. The molecule has 1 saturated heterocycles. The van der Waals surface area contributed by atoms with Crippen LogP contribution in [0.5, 0.6) is 0 Å². The number of rotatable bonds is 9. The maximum atomic E-state index is 5.17. The molecule has 1 aliphatic rings. The molecular formula is C19H32N8O2. The smallest absolute Gasteiger partial charge is 0.194 e. The Morgan fingerprint density at radius 1 is 1.31 bits per heavy atom. The van der Waals surface area contributed by atoms with Crippen LogP contribution in [0.3, 0.4) is 0 Å². The van der Waals surface area contributed by atoms with E-state index in [2.05, 4.69) is 42.0 Å². The number of aryl methyl sites for hydroxylation is 2. The Bertz CT molecular complexity index is 764. The van der Waals surface area contributed by atoms with Crippen LogP contribution in [0.4, 0.5) is 0 Å². The summed E-state index contributed by atoms with van der Waals surface area (Å²) in [5, 5.41) is 15.7. The molecule has 0 amide bonds. The van der Waals surface area contributed by atoms with E-state index in [-0.39, 0.29) is 0 Å². The van der Waals surface area contributed by atoms with Crippen LogP contribution in [0.1, 0.15) is 24.2 Å². The second-order valence-electron chi connectivity index (χ2n) is 7.11. The zero-order chi connectivity index (χ0) is 20.5. The number of ether oxygens (including phenoxy) is 1. The van der Waals surface area contributed by atoms with E-state index in [0.29, 0.717) is 13.2 Å². The number of aliphatic imine (C=N–C) groups is 1. The van der Waals surface area contributed by atoms with E-state index in [1.165, 1.54) is 0 Å². The lowest BCUT2D eigenvalue weighted by atomic mass is 10.3. The molecular weight excluding hydrogens is 372 g/mol. The third-order valence-corrected chi connectivity index (χ3v) is 4.94. The molecule has 0 radical (unpaired) electrons. The highest BCUT2D eigenvalue weighted by Gasteiger charge is 2.20. The van der Waals surface area contributed by atoms with Gasteiger partial charge in [0.2, 0.25) is 0 Å². The van der Waals surface area contributed by atoms with Gasteiger partial charge in [0.15, 0.2) is 5.96 Å².